The molecule has 0 aliphatic carbocycles. The van der Waals surface area contributed by atoms with Crippen LogP contribution in [-0.2, 0) is 14.4 Å². The number of hydrogen-bond acceptors (Lipinski definition) is 3. The monoisotopic (exact) mass is 365 g/mol. The van der Waals surface area contributed by atoms with E-state index in [2.05, 4.69) is 10.6 Å². The van der Waals surface area contributed by atoms with Crippen LogP contribution >= 0.6 is 0 Å². The van der Waals surface area contributed by atoms with Crippen LogP contribution in [0.5, 0.6) is 0 Å². The number of aryl methyl sites for hydroxylation is 1. The number of anilines is 3. The lowest BCUT2D eigenvalue weighted by molar-refractivity contribution is -0.122. The van der Waals surface area contributed by atoms with Gasteiger partial charge < -0.3 is 15.5 Å². The number of nitrogens with one attached hydrogen (secondary N) is 2. The van der Waals surface area contributed by atoms with E-state index in [1.165, 1.54) is 6.92 Å². The highest BCUT2D eigenvalue weighted by Gasteiger charge is 2.35. The van der Waals surface area contributed by atoms with Crippen molar-refractivity contribution in [3.05, 3.63) is 53.6 Å². The molecule has 1 aliphatic heterocycles. The number of rotatable bonds is 4. The van der Waals surface area contributed by atoms with Crippen LogP contribution in [0.2, 0.25) is 0 Å². The fourth-order valence-corrected chi connectivity index (χ4v) is 3.23. The van der Waals surface area contributed by atoms with Gasteiger partial charge in [-0.2, -0.15) is 0 Å². The Balaban J connectivity index is 1.67. The normalized spacial score (nSPS) is 16.3. The van der Waals surface area contributed by atoms with Gasteiger partial charge in [0, 0.05) is 37.0 Å². The second kappa shape index (κ2) is 7.61. The lowest BCUT2D eigenvalue weighted by atomic mass is 10.1. The molecule has 1 aliphatic rings. The van der Waals surface area contributed by atoms with Crippen molar-refractivity contribution >= 4 is 34.8 Å². The number of amides is 3. The highest BCUT2D eigenvalue weighted by Crippen LogP contribution is 2.30. The summed E-state index contributed by atoms with van der Waals surface area (Å²) < 4.78 is 0. The molecule has 0 bridgehead atoms. The van der Waals surface area contributed by atoms with E-state index in [-0.39, 0.29) is 24.1 Å². The molecule has 0 radical (unpaired) electrons. The average Bonchev–Trinajstić information content (AvgIpc) is 3.00. The maximum Gasteiger partial charge on any atom is 0.229 e. The molecule has 2 aromatic carbocycles. The van der Waals surface area contributed by atoms with E-state index in [4.69, 9.17) is 0 Å². The molecule has 0 unspecified atom stereocenters. The van der Waals surface area contributed by atoms with Gasteiger partial charge in [-0.25, -0.2) is 0 Å². The molecule has 6 heteroatoms. The molecule has 2 aromatic rings. The number of carbonyl (C=O) groups is 3. The number of benzene rings is 2. The summed E-state index contributed by atoms with van der Waals surface area (Å²) in [6.45, 7) is 5.81. The molecule has 1 atom stereocenters. The Morgan fingerprint density at radius 2 is 1.63 bits per heavy atom. The first-order valence-corrected chi connectivity index (χ1v) is 8.90. The summed E-state index contributed by atoms with van der Waals surface area (Å²) in [5.41, 5.74) is 4.34. The van der Waals surface area contributed by atoms with Crippen LogP contribution in [0.4, 0.5) is 17.1 Å². The highest BCUT2D eigenvalue weighted by atomic mass is 16.2. The van der Waals surface area contributed by atoms with Gasteiger partial charge in [0.25, 0.3) is 0 Å². The van der Waals surface area contributed by atoms with Crippen LogP contribution in [0, 0.1) is 19.8 Å². The highest BCUT2D eigenvalue weighted by molar-refractivity contribution is 6.04. The second-order valence-corrected chi connectivity index (χ2v) is 6.87. The minimum absolute atomic E-state index is 0.0372. The first-order valence-electron chi connectivity index (χ1n) is 8.90. The Hall–Kier alpha value is -3.15. The molecule has 2 N–H and O–H groups in total. The van der Waals surface area contributed by atoms with Gasteiger partial charge in [0.2, 0.25) is 17.7 Å². The van der Waals surface area contributed by atoms with Gasteiger partial charge in [0.1, 0.15) is 0 Å². The summed E-state index contributed by atoms with van der Waals surface area (Å²) in [7, 11) is 0. The van der Waals surface area contributed by atoms with Gasteiger partial charge in [-0.15, -0.1) is 0 Å². The third-order valence-corrected chi connectivity index (χ3v) is 4.84. The lowest BCUT2D eigenvalue weighted by Gasteiger charge is -2.20. The van der Waals surface area contributed by atoms with Crippen LogP contribution in [0.15, 0.2) is 42.5 Å². The Morgan fingerprint density at radius 1 is 1.00 bits per heavy atom. The summed E-state index contributed by atoms with van der Waals surface area (Å²) in [4.78, 5) is 37.8. The molecule has 1 heterocycles. The molecule has 0 spiro atoms. The maximum absolute atomic E-state index is 12.6. The van der Waals surface area contributed by atoms with Crippen molar-refractivity contribution in [3.63, 3.8) is 0 Å². The molecule has 6 nitrogen and oxygen atoms in total. The molecule has 1 fully saturated rings. The number of nitrogens with zero attached hydrogens (tertiary/aromatic N) is 1. The van der Waals surface area contributed by atoms with E-state index >= 15 is 0 Å². The Labute approximate surface area is 158 Å². The topological polar surface area (TPSA) is 78.5 Å². The molecule has 0 aromatic heterocycles. The fourth-order valence-electron chi connectivity index (χ4n) is 3.23. The summed E-state index contributed by atoms with van der Waals surface area (Å²) >= 11 is 0. The Kier molecular flexibility index (Phi) is 5.26. The number of hydrogen-bond donors (Lipinski definition) is 2. The second-order valence-electron chi connectivity index (χ2n) is 6.87. The van der Waals surface area contributed by atoms with Crippen LogP contribution < -0.4 is 15.5 Å². The van der Waals surface area contributed by atoms with Gasteiger partial charge in [-0.1, -0.05) is 12.1 Å². The minimum Gasteiger partial charge on any atom is -0.326 e. The molecule has 140 valence electrons. The summed E-state index contributed by atoms with van der Waals surface area (Å²) in [5, 5.41) is 5.53. The number of carbonyl (C=O) groups excluding carboxylic acids is 3. The summed E-state index contributed by atoms with van der Waals surface area (Å²) in [5.74, 6) is -0.761. The first-order chi connectivity index (χ1) is 12.8. The van der Waals surface area contributed by atoms with E-state index in [1.54, 1.807) is 29.2 Å². The molecule has 27 heavy (non-hydrogen) atoms. The van der Waals surface area contributed by atoms with Crippen molar-refractivity contribution in [3.8, 4) is 0 Å². The zero-order valence-electron chi connectivity index (χ0n) is 15.7. The molecule has 3 rings (SSSR count). The fraction of sp³-hybridized carbons (Fsp3) is 0.286. The largest absolute Gasteiger partial charge is 0.326 e. The van der Waals surface area contributed by atoms with Gasteiger partial charge in [0.05, 0.1) is 5.92 Å². The van der Waals surface area contributed by atoms with Crippen molar-refractivity contribution in [1.82, 2.24) is 0 Å². The zero-order chi connectivity index (χ0) is 19.6. The van der Waals surface area contributed by atoms with Crippen LogP contribution in [0.3, 0.4) is 0 Å². The van der Waals surface area contributed by atoms with Crippen molar-refractivity contribution in [2.45, 2.75) is 27.2 Å². The van der Waals surface area contributed by atoms with Gasteiger partial charge in [-0.05, 0) is 55.3 Å². The Morgan fingerprint density at radius 3 is 2.26 bits per heavy atom. The van der Waals surface area contributed by atoms with Gasteiger partial charge in [-0.3, -0.25) is 14.4 Å². The van der Waals surface area contributed by atoms with Crippen molar-refractivity contribution < 1.29 is 14.4 Å². The molecular formula is C21H23N3O3. The van der Waals surface area contributed by atoms with E-state index in [0.717, 1.165) is 16.8 Å². The smallest absolute Gasteiger partial charge is 0.229 e. The van der Waals surface area contributed by atoms with Crippen LogP contribution in [0.25, 0.3) is 0 Å². The van der Waals surface area contributed by atoms with E-state index in [0.29, 0.717) is 17.9 Å². The SMILES string of the molecule is CC(=O)Nc1ccc(NC(=O)[C@@H]2CC(=O)N(c3cccc(C)c3C)C2)cc1. The molecule has 1 saturated heterocycles. The third kappa shape index (κ3) is 4.16. The van der Waals surface area contributed by atoms with Gasteiger partial charge >= 0.3 is 0 Å². The van der Waals surface area contributed by atoms with Crippen LogP contribution in [-0.4, -0.2) is 24.3 Å². The molecule has 0 saturated carbocycles. The summed E-state index contributed by atoms with van der Waals surface area (Å²) in [6.07, 6.45) is 0.198. The first kappa shape index (κ1) is 18.6. The van der Waals surface area contributed by atoms with Crippen molar-refractivity contribution in [1.29, 1.82) is 0 Å². The molecule has 3 amide bonds. The predicted molar refractivity (Wildman–Crippen MR) is 106 cm³/mol. The third-order valence-electron chi connectivity index (χ3n) is 4.84. The molecular weight excluding hydrogens is 342 g/mol. The predicted octanol–water partition coefficient (Wildman–Crippen LogP) is 3.25. The van der Waals surface area contributed by atoms with E-state index < -0.39 is 5.92 Å². The minimum atomic E-state index is -0.396. The zero-order valence-corrected chi connectivity index (χ0v) is 15.7. The van der Waals surface area contributed by atoms with E-state index in [9.17, 15) is 14.4 Å². The van der Waals surface area contributed by atoms with Crippen molar-refractivity contribution in [2.75, 3.05) is 22.1 Å². The standard InChI is InChI=1S/C21H23N3O3/c1-13-5-4-6-19(14(13)2)24-12-16(11-20(24)26)21(27)23-18-9-7-17(8-10-18)22-15(3)25/h4-10,16H,11-12H2,1-3H3,(H,22,25)(H,23,27)/t16-/m1/s1. The average molecular weight is 365 g/mol. The summed E-state index contributed by atoms with van der Waals surface area (Å²) in [6, 6.07) is 12.7. The maximum atomic E-state index is 12.6. The van der Waals surface area contributed by atoms with Crippen LogP contribution in [0.1, 0.15) is 24.5 Å². The van der Waals surface area contributed by atoms with Crippen molar-refractivity contribution in [2.24, 2.45) is 5.92 Å². The van der Waals surface area contributed by atoms with E-state index in [1.807, 2.05) is 32.0 Å². The van der Waals surface area contributed by atoms with Gasteiger partial charge in [0.15, 0.2) is 0 Å². The quantitative estimate of drug-likeness (QED) is 0.873. The Bertz CT molecular complexity index is 890. The lowest BCUT2D eigenvalue weighted by Crippen LogP contribution is -2.28.